The summed E-state index contributed by atoms with van der Waals surface area (Å²) in [6.07, 6.45) is 0.135. The molecule has 5 nitrogen and oxygen atoms in total. The van der Waals surface area contributed by atoms with Gasteiger partial charge in [-0.1, -0.05) is 0 Å². The molecule has 1 atom stereocenters. The van der Waals surface area contributed by atoms with Gasteiger partial charge < -0.3 is 10.1 Å². The van der Waals surface area contributed by atoms with Crippen molar-refractivity contribution in [1.29, 1.82) is 0 Å². The second-order valence-electron chi connectivity index (χ2n) is 2.63. The lowest BCUT2D eigenvalue weighted by Crippen LogP contribution is -2.29. The molecule has 0 saturated carbocycles. The quantitative estimate of drug-likeness (QED) is 0.691. The highest BCUT2D eigenvalue weighted by atomic mass is 32.2. The first-order valence-corrected chi connectivity index (χ1v) is 5.60. The fourth-order valence-electron chi connectivity index (χ4n) is 0.944. The summed E-state index contributed by atoms with van der Waals surface area (Å²) < 4.78 is 26.5. The van der Waals surface area contributed by atoms with Crippen LogP contribution in [-0.4, -0.2) is 32.9 Å². The Morgan fingerprint density at radius 1 is 1.69 bits per heavy atom. The first-order chi connectivity index (χ1) is 6.03. The molecule has 0 aliphatic carbocycles. The van der Waals surface area contributed by atoms with Gasteiger partial charge in [-0.25, -0.2) is 13.2 Å². The molecular weight excluding hydrogens is 194 g/mol. The zero-order valence-electron chi connectivity index (χ0n) is 7.19. The van der Waals surface area contributed by atoms with Crippen molar-refractivity contribution in [3.05, 3.63) is 11.5 Å². The monoisotopic (exact) mass is 205 g/mol. The van der Waals surface area contributed by atoms with Crippen LogP contribution in [0.25, 0.3) is 0 Å². The van der Waals surface area contributed by atoms with E-state index in [1.165, 1.54) is 6.08 Å². The number of carbonyl (C=O) groups is 1. The lowest BCUT2D eigenvalue weighted by Gasteiger charge is -2.08. The van der Waals surface area contributed by atoms with Crippen LogP contribution in [0, 0.1) is 0 Å². The standard InChI is InChI=1S/C7H11NO4S/c1-2-8-7(9)12-6-3-4-13(10,11)5-6/h3-4,6H,2,5H2,1H3,(H,8,9)/t6-/m1/s1. The summed E-state index contributed by atoms with van der Waals surface area (Å²) in [6, 6.07) is 0. The van der Waals surface area contributed by atoms with Crippen LogP contribution in [0.15, 0.2) is 11.5 Å². The van der Waals surface area contributed by atoms with E-state index in [-0.39, 0.29) is 5.75 Å². The molecule has 1 aliphatic heterocycles. The molecule has 0 aromatic rings. The SMILES string of the molecule is CCNC(=O)O[C@@H]1C=CS(=O)(=O)C1. The Balaban J connectivity index is 2.42. The van der Waals surface area contributed by atoms with E-state index in [9.17, 15) is 13.2 Å². The van der Waals surface area contributed by atoms with Gasteiger partial charge in [-0.3, -0.25) is 0 Å². The van der Waals surface area contributed by atoms with Crippen molar-refractivity contribution in [3.63, 3.8) is 0 Å². The number of rotatable bonds is 2. The van der Waals surface area contributed by atoms with Gasteiger partial charge in [-0.05, 0) is 13.0 Å². The fourth-order valence-corrected chi connectivity index (χ4v) is 2.11. The maximum absolute atomic E-state index is 10.9. The molecule has 13 heavy (non-hydrogen) atoms. The molecule has 6 heteroatoms. The third-order valence-corrected chi connectivity index (χ3v) is 2.84. The van der Waals surface area contributed by atoms with E-state index in [0.717, 1.165) is 5.41 Å². The van der Waals surface area contributed by atoms with Crippen LogP contribution in [0.1, 0.15) is 6.92 Å². The number of hydrogen-bond donors (Lipinski definition) is 1. The molecule has 0 radical (unpaired) electrons. The van der Waals surface area contributed by atoms with Gasteiger partial charge in [0.05, 0.1) is 5.75 Å². The Kier molecular flexibility index (Phi) is 2.92. The van der Waals surface area contributed by atoms with E-state index in [1.54, 1.807) is 6.92 Å². The highest BCUT2D eigenvalue weighted by Crippen LogP contribution is 2.11. The Morgan fingerprint density at radius 2 is 2.38 bits per heavy atom. The van der Waals surface area contributed by atoms with E-state index in [2.05, 4.69) is 5.32 Å². The highest BCUT2D eigenvalue weighted by molar-refractivity contribution is 7.94. The number of ether oxygens (including phenoxy) is 1. The minimum absolute atomic E-state index is 0.149. The lowest BCUT2D eigenvalue weighted by atomic mass is 10.4. The summed E-state index contributed by atoms with van der Waals surface area (Å²) in [7, 11) is -3.14. The summed E-state index contributed by atoms with van der Waals surface area (Å²) in [5.74, 6) is -0.149. The van der Waals surface area contributed by atoms with E-state index >= 15 is 0 Å². The second kappa shape index (κ2) is 3.78. The predicted octanol–water partition coefficient (Wildman–Crippen LogP) is 0.0432. The zero-order valence-corrected chi connectivity index (χ0v) is 8.00. The van der Waals surface area contributed by atoms with Crippen molar-refractivity contribution < 1.29 is 17.9 Å². The number of carbonyl (C=O) groups excluding carboxylic acids is 1. The van der Waals surface area contributed by atoms with Crippen molar-refractivity contribution in [2.24, 2.45) is 0 Å². The summed E-state index contributed by atoms with van der Waals surface area (Å²) in [4.78, 5) is 10.8. The van der Waals surface area contributed by atoms with Crippen molar-refractivity contribution in [2.75, 3.05) is 12.3 Å². The van der Waals surface area contributed by atoms with Gasteiger partial charge in [0.2, 0.25) is 0 Å². The molecule has 74 valence electrons. The van der Waals surface area contributed by atoms with E-state index in [4.69, 9.17) is 4.74 Å². The highest BCUT2D eigenvalue weighted by Gasteiger charge is 2.24. The number of nitrogens with one attached hydrogen (secondary N) is 1. The Labute approximate surface area is 76.7 Å². The lowest BCUT2D eigenvalue weighted by molar-refractivity contribution is 0.129. The summed E-state index contributed by atoms with van der Waals surface area (Å²) >= 11 is 0. The maximum atomic E-state index is 10.9. The van der Waals surface area contributed by atoms with Crippen molar-refractivity contribution >= 4 is 15.9 Å². The number of amides is 1. The Bertz CT molecular complexity index is 319. The molecule has 1 N–H and O–H groups in total. The molecule has 0 aromatic heterocycles. The summed E-state index contributed by atoms with van der Waals surface area (Å²) in [6.45, 7) is 2.21. The van der Waals surface area contributed by atoms with E-state index in [1.807, 2.05) is 0 Å². The van der Waals surface area contributed by atoms with Crippen molar-refractivity contribution in [3.8, 4) is 0 Å². The third kappa shape index (κ3) is 3.06. The molecule has 1 rings (SSSR count). The Morgan fingerprint density at radius 3 is 2.85 bits per heavy atom. The van der Waals surface area contributed by atoms with E-state index < -0.39 is 22.0 Å². The third-order valence-electron chi connectivity index (χ3n) is 1.48. The predicted molar refractivity (Wildman–Crippen MR) is 46.9 cm³/mol. The first kappa shape index (κ1) is 10.0. The van der Waals surface area contributed by atoms with Crippen molar-refractivity contribution in [1.82, 2.24) is 5.32 Å². The number of sulfone groups is 1. The fraction of sp³-hybridized carbons (Fsp3) is 0.571. The van der Waals surface area contributed by atoms with Gasteiger partial charge in [0.25, 0.3) is 0 Å². The van der Waals surface area contributed by atoms with Gasteiger partial charge in [0.1, 0.15) is 6.10 Å². The van der Waals surface area contributed by atoms with Crippen LogP contribution in [0.4, 0.5) is 4.79 Å². The number of hydrogen-bond acceptors (Lipinski definition) is 4. The second-order valence-corrected chi connectivity index (χ2v) is 4.56. The van der Waals surface area contributed by atoms with Crippen molar-refractivity contribution in [2.45, 2.75) is 13.0 Å². The maximum Gasteiger partial charge on any atom is 0.407 e. The molecule has 0 fully saturated rings. The summed E-state index contributed by atoms with van der Waals surface area (Å²) in [5, 5.41) is 3.48. The molecular formula is C7H11NO4S. The van der Waals surface area contributed by atoms with Crippen LogP contribution in [0.3, 0.4) is 0 Å². The molecule has 0 spiro atoms. The molecule has 0 bridgehead atoms. The minimum atomic E-state index is -3.14. The molecule has 1 amide bonds. The Hall–Kier alpha value is -1.04. The average Bonchev–Trinajstić information content (AvgIpc) is 2.30. The average molecular weight is 205 g/mol. The van der Waals surface area contributed by atoms with Crippen LogP contribution < -0.4 is 5.32 Å². The minimum Gasteiger partial charge on any atom is -0.441 e. The van der Waals surface area contributed by atoms with E-state index in [0.29, 0.717) is 6.54 Å². The topological polar surface area (TPSA) is 72.5 Å². The van der Waals surface area contributed by atoms with Gasteiger partial charge in [-0.15, -0.1) is 0 Å². The largest absolute Gasteiger partial charge is 0.441 e. The van der Waals surface area contributed by atoms with Crippen LogP contribution >= 0.6 is 0 Å². The van der Waals surface area contributed by atoms with Gasteiger partial charge in [0.15, 0.2) is 9.84 Å². The molecule has 0 aromatic carbocycles. The molecule has 0 unspecified atom stereocenters. The first-order valence-electron chi connectivity index (χ1n) is 3.89. The van der Waals surface area contributed by atoms with Gasteiger partial charge in [-0.2, -0.15) is 0 Å². The number of alkyl carbamates (subject to hydrolysis) is 1. The van der Waals surface area contributed by atoms with Crippen LogP contribution in [0.2, 0.25) is 0 Å². The van der Waals surface area contributed by atoms with Gasteiger partial charge in [0, 0.05) is 12.0 Å². The summed E-state index contributed by atoms with van der Waals surface area (Å²) in [5.41, 5.74) is 0. The normalized spacial score (nSPS) is 24.2. The molecule has 1 heterocycles. The molecule has 0 saturated heterocycles. The zero-order chi connectivity index (χ0) is 9.90. The van der Waals surface area contributed by atoms with Crippen LogP contribution in [0.5, 0.6) is 0 Å². The van der Waals surface area contributed by atoms with Crippen LogP contribution in [-0.2, 0) is 14.6 Å². The van der Waals surface area contributed by atoms with Gasteiger partial charge >= 0.3 is 6.09 Å². The molecule has 1 aliphatic rings. The smallest absolute Gasteiger partial charge is 0.407 e.